The molecule has 0 radical (unpaired) electrons. The molecule has 2 aliphatic rings. The lowest BCUT2D eigenvalue weighted by Crippen LogP contribution is -2.42. The van der Waals surface area contributed by atoms with Crippen LogP contribution in [0.25, 0.3) is 0 Å². The van der Waals surface area contributed by atoms with Gasteiger partial charge in [-0.05, 0) is 55.8 Å². The van der Waals surface area contributed by atoms with Gasteiger partial charge in [-0.15, -0.1) is 0 Å². The summed E-state index contributed by atoms with van der Waals surface area (Å²) >= 11 is 12.0. The number of benzene rings is 2. The molecule has 2 aromatic carbocycles. The molecule has 0 unspecified atom stereocenters. The van der Waals surface area contributed by atoms with Crippen molar-refractivity contribution >= 4 is 29.1 Å². The molecule has 4 rings (SSSR count). The number of likely N-dealkylation sites (tertiary alicyclic amines) is 1. The van der Waals surface area contributed by atoms with Crippen molar-refractivity contribution in [2.75, 3.05) is 32.8 Å². The van der Waals surface area contributed by atoms with Crippen LogP contribution in [0, 0.1) is 5.82 Å². The van der Waals surface area contributed by atoms with Crippen LogP contribution < -0.4 is 0 Å². The van der Waals surface area contributed by atoms with E-state index in [4.69, 9.17) is 27.9 Å². The zero-order valence-electron chi connectivity index (χ0n) is 16.0. The van der Waals surface area contributed by atoms with Gasteiger partial charge in [-0.2, -0.15) is 0 Å². The topological polar surface area (TPSA) is 32.8 Å². The molecule has 0 aromatic heterocycles. The summed E-state index contributed by atoms with van der Waals surface area (Å²) in [6, 6.07) is 10.5. The summed E-state index contributed by atoms with van der Waals surface area (Å²) < 4.78 is 19.6. The Hall–Kier alpha value is -1.66. The third-order valence-electron chi connectivity index (χ3n) is 5.55. The number of morpholine rings is 1. The zero-order chi connectivity index (χ0) is 20.4. The quantitative estimate of drug-likeness (QED) is 0.636. The monoisotopic (exact) mass is 436 g/mol. The van der Waals surface area contributed by atoms with E-state index >= 15 is 0 Å². The van der Waals surface area contributed by atoms with Gasteiger partial charge in [0, 0.05) is 29.2 Å². The number of carbonyl (C=O) groups excluding carboxylic acids is 1. The molecule has 2 aliphatic heterocycles. The molecule has 0 aliphatic carbocycles. The molecule has 2 saturated heterocycles. The standard InChI is InChI=1S/C22H23Cl2FN2O2/c23-18-12-19(24)20(25)11-17(18)21-14-27(9-10-29-21)22(28)16-5-3-15(4-6-16)13-26-7-1-2-8-26/h3-6,11-12,21H,1-2,7-10,13-14H2/t21-/m0/s1. The van der Waals surface area contributed by atoms with Gasteiger partial charge in [0.05, 0.1) is 18.2 Å². The van der Waals surface area contributed by atoms with E-state index in [1.807, 2.05) is 24.3 Å². The van der Waals surface area contributed by atoms with Gasteiger partial charge in [0.15, 0.2) is 0 Å². The molecule has 154 valence electrons. The summed E-state index contributed by atoms with van der Waals surface area (Å²) in [4.78, 5) is 17.1. The van der Waals surface area contributed by atoms with Gasteiger partial charge in [0.25, 0.3) is 5.91 Å². The van der Waals surface area contributed by atoms with Gasteiger partial charge in [0.1, 0.15) is 11.9 Å². The lowest BCUT2D eigenvalue weighted by atomic mass is 10.1. The molecule has 1 amide bonds. The Morgan fingerprint density at radius 2 is 1.79 bits per heavy atom. The molecule has 0 spiro atoms. The maximum Gasteiger partial charge on any atom is 0.254 e. The third kappa shape index (κ3) is 4.75. The molecule has 0 saturated carbocycles. The Labute approximate surface area is 180 Å². The van der Waals surface area contributed by atoms with E-state index in [2.05, 4.69) is 4.90 Å². The van der Waals surface area contributed by atoms with Gasteiger partial charge in [-0.1, -0.05) is 35.3 Å². The zero-order valence-corrected chi connectivity index (χ0v) is 17.6. The summed E-state index contributed by atoms with van der Waals surface area (Å²) in [5.41, 5.74) is 2.36. The van der Waals surface area contributed by atoms with Gasteiger partial charge in [-0.25, -0.2) is 4.39 Å². The van der Waals surface area contributed by atoms with Crippen LogP contribution in [0.5, 0.6) is 0 Å². The van der Waals surface area contributed by atoms with Crippen LogP contribution in [0.3, 0.4) is 0 Å². The first kappa shape index (κ1) is 20.6. The predicted octanol–water partition coefficient (Wildman–Crippen LogP) is 4.94. The molecule has 4 nitrogen and oxygen atoms in total. The number of carbonyl (C=O) groups is 1. The molecule has 7 heteroatoms. The minimum absolute atomic E-state index is 0.0310. The number of hydrogen-bond acceptors (Lipinski definition) is 3. The van der Waals surface area contributed by atoms with E-state index in [-0.39, 0.29) is 10.9 Å². The lowest BCUT2D eigenvalue weighted by molar-refractivity contribution is -0.0228. The van der Waals surface area contributed by atoms with Crippen LogP contribution in [0.2, 0.25) is 10.0 Å². The SMILES string of the molecule is O=C(c1ccc(CN2CCCC2)cc1)N1CCO[C@H](c2cc(F)c(Cl)cc2Cl)C1. The van der Waals surface area contributed by atoms with Crippen LogP contribution in [0.4, 0.5) is 4.39 Å². The van der Waals surface area contributed by atoms with E-state index in [1.165, 1.54) is 30.5 Å². The lowest BCUT2D eigenvalue weighted by Gasteiger charge is -2.33. The van der Waals surface area contributed by atoms with Gasteiger partial charge in [-0.3, -0.25) is 9.69 Å². The Bertz CT molecular complexity index is 885. The van der Waals surface area contributed by atoms with Gasteiger partial charge >= 0.3 is 0 Å². The Balaban J connectivity index is 1.44. The van der Waals surface area contributed by atoms with Crippen molar-refractivity contribution < 1.29 is 13.9 Å². The average Bonchev–Trinajstić information content (AvgIpc) is 3.24. The first-order valence-corrected chi connectivity index (χ1v) is 10.6. The van der Waals surface area contributed by atoms with E-state index in [0.29, 0.717) is 35.8 Å². The highest BCUT2D eigenvalue weighted by atomic mass is 35.5. The molecule has 0 N–H and O–H groups in total. The molecule has 2 heterocycles. The fourth-order valence-electron chi connectivity index (χ4n) is 3.94. The van der Waals surface area contributed by atoms with Crippen LogP contribution in [0.1, 0.15) is 40.4 Å². The summed E-state index contributed by atoms with van der Waals surface area (Å²) in [5.74, 6) is -0.608. The fourth-order valence-corrected chi connectivity index (χ4v) is 4.45. The Morgan fingerprint density at radius 3 is 2.52 bits per heavy atom. The summed E-state index contributed by atoms with van der Waals surface area (Å²) in [5, 5.41) is 0.304. The number of halogens is 3. The van der Waals surface area contributed by atoms with E-state index in [9.17, 15) is 9.18 Å². The van der Waals surface area contributed by atoms with Crippen LogP contribution in [0.15, 0.2) is 36.4 Å². The molecule has 1 atom stereocenters. The number of ether oxygens (including phenoxy) is 1. The van der Waals surface area contributed by atoms with Crippen molar-refractivity contribution in [1.82, 2.24) is 9.80 Å². The second-order valence-electron chi connectivity index (χ2n) is 7.58. The number of rotatable bonds is 4. The Morgan fingerprint density at radius 1 is 1.07 bits per heavy atom. The molecule has 0 bridgehead atoms. The van der Waals surface area contributed by atoms with Crippen LogP contribution in [-0.2, 0) is 11.3 Å². The smallest absolute Gasteiger partial charge is 0.254 e. The maximum absolute atomic E-state index is 13.9. The largest absolute Gasteiger partial charge is 0.370 e. The van der Waals surface area contributed by atoms with E-state index < -0.39 is 11.9 Å². The summed E-state index contributed by atoms with van der Waals surface area (Å²) in [7, 11) is 0. The average molecular weight is 437 g/mol. The number of hydrogen-bond donors (Lipinski definition) is 0. The van der Waals surface area contributed by atoms with Gasteiger partial charge < -0.3 is 9.64 Å². The fraction of sp³-hybridized carbons (Fsp3) is 0.409. The Kier molecular flexibility index (Phi) is 6.40. The normalized spacial score (nSPS) is 20.2. The number of amides is 1. The van der Waals surface area contributed by atoms with Crippen molar-refractivity contribution in [3.05, 3.63) is 69.0 Å². The summed E-state index contributed by atoms with van der Waals surface area (Å²) in [6.07, 6.45) is 2.04. The van der Waals surface area contributed by atoms with Crippen molar-refractivity contribution in [3.8, 4) is 0 Å². The highest BCUT2D eigenvalue weighted by Crippen LogP contribution is 2.32. The van der Waals surface area contributed by atoms with Gasteiger partial charge in [0.2, 0.25) is 0 Å². The van der Waals surface area contributed by atoms with E-state index in [1.54, 1.807) is 4.90 Å². The minimum Gasteiger partial charge on any atom is -0.370 e. The minimum atomic E-state index is -0.549. The summed E-state index contributed by atoms with van der Waals surface area (Å²) in [6.45, 7) is 4.37. The first-order valence-electron chi connectivity index (χ1n) is 9.88. The highest BCUT2D eigenvalue weighted by molar-refractivity contribution is 6.35. The highest BCUT2D eigenvalue weighted by Gasteiger charge is 2.28. The second kappa shape index (κ2) is 9.00. The first-order chi connectivity index (χ1) is 14.0. The maximum atomic E-state index is 13.9. The molecule has 29 heavy (non-hydrogen) atoms. The van der Waals surface area contributed by atoms with Crippen molar-refractivity contribution in [3.63, 3.8) is 0 Å². The van der Waals surface area contributed by atoms with Crippen molar-refractivity contribution in [2.45, 2.75) is 25.5 Å². The molecular formula is C22H23Cl2FN2O2. The van der Waals surface area contributed by atoms with Crippen molar-refractivity contribution in [2.24, 2.45) is 0 Å². The molecule has 2 fully saturated rings. The predicted molar refractivity (Wildman–Crippen MR) is 112 cm³/mol. The van der Waals surface area contributed by atoms with E-state index in [0.717, 1.165) is 19.6 Å². The van der Waals surface area contributed by atoms with Crippen LogP contribution in [-0.4, -0.2) is 48.5 Å². The number of nitrogens with zero attached hydrogens (tertiary/aromatic N) is 2. The second-order valence-corrected chi connectivity index (χ2v) is 8.39. The molecular weight excluding hydrogens is 414 g/mol. The van der Waals surface area contributed by atoms with Crippen LogP contribution >= 0.6 is 23.2 Å². The van der Waals surface area contributed by atoms with Crippen molar-refractivity contribution in [1.29, 1.82) is 0 Å². The molecule has 2 aromatic rings. The third-order valence-corrected chi connectivity index (χ3v) is 6.16.